The van der Waals surface area contributed by atoms with Gasteiger partial charge in [0.15, 0.2) is 0 Å². The first-order chi connectivity index (χ1) is 7.42. The molecule has 0 fully saturated rings. The molecule has 0 saturated heterocycles. The molecule has 0 nitrogen and oxygen atoms in total. The van der Waals surface area contributed by atoms with Gasteiger partial charge in [0, 0.05) is 4.88 Å². The van der Waals surface area contributed by atoms with Crippen molar-refractivity contribution < 1.29 is 0 Å². The zero-order valence-corrected chi connectivity index (χ0v) is 9.63. The predicted octanol–water partition coefficient (Wildman–Crippen LogP) is 4.59. The molecule has 0 atom stereocenters. The highest BCUT2D eigenvalue weighted by Gasteiger charge is 2.03. The van der Waals surface area contributed by atoms with Crippen molar-refractivity contribution in [1.29, 1.82) is 0 Å². The SMILES string of the molecule is CCC=C(c1ccccc1)c1cccs1. The Balaban J connectivity index is 2.42. The Morgan fingerprint density at radius 1 is 1.13 bits per heavy atom. The maximum Gasteiger partial charge on any atom is 0.0345 e. The molecule has 0 aliphatic rings. The summed E-state index contributed by atoms with van der Waals surface area (Å²) < 4.78 is 0. The van der Waals surface area contributed by atoms with Gasteiger partial charge in [0.25, 0.3) is 0 Å². The maximum atomic E-state index is 2.29. The number of benzene rings is 1. The van der Waals surface area contributed by atoms with Gasteiger partial charge < -0.3 is 0 Å². The van der Waals surface area contributed by atoms with E-state index in [1.54, 1.807) is 11.3 Å². The number of hydrogen-bond acceptors (Lipinski definition) is 1. The third-order valence-electron chi connectivity index (χ3n) is 2.28. The smallest absolute Gasteiger partial charge is 0.0345 e. The monoisotopic (exact) mass is 214 g/mol. The molecule has 1 aromatic heterocycles. The van der Waals surface area contributed by atoms with E-state index in [2.05, 4.69) is 60.8 Å². The largest absolute Gasteiger partial charge is 0.144 e. The van der Waals surface area contributed by atoms with Gasteiger partial charge in [0.2, 0.25) is 0 Å². The summed E-state index contributed by atoms with van der Waals surface area (Å²) in [5.74, 6) is 0. The minimum Gasteiger partial charge on any atom is -0.144 e. The van der Waals surface area contributed by atoms with Gasteiger partial charge in [-0.05, 0) is 29.0 Å². The normalized spacial score (nSPS) is 11.7. The molecule has 0 unspecified atom stereocenters. The van der Waals surface area contributed by atoms with Gasteiger partial charge in [0.05, 0.1) is 0 Å². The molecule has 1 heterocycles. The molecular formula is C14H14S. The van der Waals surface area contributed by atoms with E-state index in [0.717, 1.165) is 6.42 Å². The van der Waals surface area contributed by atoms with E-state index in [1.807, 2.05) is 0 Å². The first-order valence-electron chi connectivity index (χ1n) is 5.21. The van der Waals surface area contributed by atoms with E-state index < -0.39 is 0 Å². The summed E-state index contributed by atoms with van der Waals surface area (Å²) in [6.45, 7) is 2.18. The average Bonchev–Trinajstić information content (AvgIpc) is 2.80. The Hall–Kier alpha value is -1.34. The van der Waals surface area contributed by atoms with Gasteiger partial charge in [-0.1, -0.05) is 49.4 Å². The fraction of sp³-hybridized carbons (Fsp3) is 0.143. The lowest BCUT2D eigenvalue weighted by Crippen LogP contribution is -1.83. The first-order valence-corrected chi connectivity index (χ1v) is 6.09. The van der Waals surface area contributed by atoms with Crippen LogP contribution in [0.3, 0.4) is 0 Å². The van der Waals surface area contributed by atoms with Crippen LogP contribution in [0.25, 0.3) is 5.57 Å². The van der Waals surface area contributed by atoms with Crippen LogP contribution in [0.1, 0.15) is 23.8 Å². The van der Waals surface area contributed by atoms with Gasteiger partial charge in [-0.25, -0.2) is 0 Å². The Kier molecular flexibility index (Phi) is 3.36. The fourth-order valence-corrected chi connectivity index (χ4v) is 2.40. The predicted molar refractivity (Wildman–Crippen MR) is 68.1 cm³/mol. The summed E-state index contributed by atoms with van der Waals surface area (Å²) in [7, 11) is 0. The first kappa shape index (κ1) is 10.2. The topological polar surface area (TPSA) is 0 Å². The molecule has 0 bridgehead atoms. The molecule has 15 heavy (non-hydrogen) atoms. The van der Waals surface area contributed by atoms with Crippen LogP contribution in [-0.2, 0) is 0 Å². The van der Waals surface area contributed by atoms with E-state index in [-0.39, 0.29) is 0 Å². The molecule has 0 amide bonds. The van der Waals surface area contributed by atoms with Crippen LogP contribution < -0.4 is 0 Å². The summed E-state index contributed by atoms with van der Waals surface area (Å²) >= 11 is 1.80. The lowest BCUT2D eigenvalue weighted by Gasteiger charge is -2.04. The van der Waals surface area contributed by atoms with Crippen LogP contribution in [0.2, 0.25) is 0 Å². The second-order valence-electron chi connectivity index (χ2n) is 3.37. The summed E-state index contributed by atoms with van der Waals surface area (Å²) in [6.07, 6.45) is 3.36. The number of thiophene rings is 1. The molecule has 0 N–H and O–H groups in total. The standard InChI is InChI=1S/C14H14S/c1-2-7-13(14-10-6-11-15-14)12-8-4-3-5-9-12/h3-11H,2H2,1H3. The molecule has 0 saturated carbocycles. The number of rotatable bonds is 3. The van der Waals surface area contributed by atoms with Crippen LogP contribution in [0.5, 0.6) is 0 Å². The third-order valence-corrected chi connectivity index (χ3v) is 3.18. The second-order valence-corrected chi connectivity index (χ2v) is 4.32. The molecule has 0 aliphatic carbocycles. The van der Waals surface area contributed by atoms with Crippen LogP contribution >= 0.6 is 11.3 Å². The molecule has 2 rings (SSSR count). The molecule has 2 aromatic rings. The van der Waals surface area contributed by atoms with Gasteiger partial charge in [-0.3, -0.25) is 0 Å². The van der Waals surface area contributed by atoms with Crippen LogP contribution in [0, 0.1) is 0 Å². The van der Waals surface area contributed by atoms with Crippen molar-refractivity contribution in [3.8, 4) is 0 Å². The number of hydrogen-bond donors (Lipinski definition) is 0. The van der Waals surface area contributed by atoms with E-state index in [1.165, 1.54) is 16.0 Å². The lowest BCUT2D eigenvalue weighted by atomic mass is 10.0. The van der Waals surface area contributed by atoms with Gasteiger partial charge >= 0.3 is 0 Å². The van der Waals surface area contributed by atoms with Crippen molar-refractivity contribution in [2.45, 2.75) is 13.3 Å². The van der Waals surface area contributed by atoms with Crippen LogP contribution in [0.15, 0.2) is 53.9 Å². The molecule has 1 aromatic carbocycles. The average molecular weight is 214 g/mol. The second kappa shape index (κ2) is 4.94. The molecule has 0 radical (unpaired) electrons. The Bertz CT molecular complexity index is 424. The van der Waals surface area contributed by atoms with Crippen molar-refractivity contribution in [3.63, 3.8) is 0 Å². The van der Waals surface area contributed by atoms with Crippen molar-refractivity contribution in [1.82, 2.24) is 0 Å². The molecular weight excluding hydrogens is 200 g/mol. The zero-order valence-electron chi connectivity index (χ0n) is 8.81. The lowest BCUT2D eigenvalue weighted by molar-refractivity contribution is 1.23. The summed E-state index contributed by atoms with van der Waals surface area (Å²) in [5, 5.41) is 2.13. The van der Waals surface area contributed by atoms with Gasteiger partial charge in [-0.15, -0.1) is 11.3 Å². The fourth-order valence-electron chi connectivity index (χ4n) is 1.61. The Morgan fingerprint density at radius 3 is 2.53 bits per heavy atom. The van der Waals surface area contributed by atoms with Crippen LogP contribution in [0.4, 0.5) is 0 Å². The highest BCUT2D eigenvalue weighted by Crippen LogP contribution is 2.27. The highest BCUT2D eigenvalue weighted by atomic mass is 32.1. The quantitative estimate of drug-likeness (QED) is 0.701. The summed E-state index contributed by atoms with van der Waals surface area (Å²) in [5.41, 5.74) is 2.66. The van der Waals surface area contributed by atoms with Gasteiger partial charge in [0.1, 0.15) is 0 Å². The van der Waals surface area contributed by atoms with Gasteiger partial charge in [-0.2, -0.15) is 0 Å². The van der Waals surface area contributed by atoms with E-state index in [9.17, 15) is 0 Å². The van der Waals surface area contributed by atoms with Crippen molar-refractivity contribution in [3.05, 3.63) is 64.4 Å². The number of allylic oxidation sites excluding steroid dienone is 1. The van der Waals surface area contributed by atoms with E-state index in [0.29, 0.717) is 0 Å². The van der Waals surface area contributed by atoms with E-state index >= 15 is 0 Å². The minimum atomic E-state index is 1.07. The zero-order chi connectivity index (χ0) is 10.5. The van der Waals surface area contributed by atoms with E-state index in [4.69, 9.17) is 0 Å². The van der Waals surface area contributed by atoms with Crippen LogP contribution in [-0.4, -0.2) is 0 Å². The molecule has 0 spiro atoms. The third kappa shape index (κ3) is 2.37. The minimum absolute atomic E-state index is 1.07. The Labute approximate surface area is 94.9 Å². The van der Waals surface area contributed by atoms with Crippen molar-refractivity contribution >= 4 is 16.9 Å². The van der Waals surface area contributed by atoms with Crippen molar-refractivity contribution in [2.75, 3.05) is 0 Å². The summed E-state index contributed by atoms with van der Waals surface area (Å²) in [6, 6.07) is 14.9. The highest BCUT2D eigenvalue weighted by molar-refractivity contribution is 7.11. The maximum absolute atomic E-state index is 2.29. The van der Waals surface area contributed by atoms with Crippen molar-refractivity contribution in [2.24, 2.45) is 0 Å². The molecule has 0 aliphatic heterocycles. The molecule has 76 valence electrons. The summed E-state index contributed by atoms with van der Waals surface area (Å²) in [4.78, 5) is 1.35. The Morgan fingerprint density at radius 2 is 1.93 bits per heavy atom. The molecule has 1 heteroatoms.